The number of amides is 1. The predicted octanol–water partition coefficient (Wildman–Crippen LogP) is 0.962. The van der Waals surface area contributed by atoms with Crippen molar-refractivity contribution in [2.45, 2.75) is 44.6 Å². The molecule has 4 heteroatoms. The third-order valence-electron chi connectivity index (χ3n) is 4.53. The summed E-state index contributed by atoms with van der Waals surface area (Å²) in [5, 5.41) is 3.22. The first kappa shape index (κ1) is 13.8. The molecule has 1 amide bonds. The van der Waals surface area contributed by atoms with Crippen molar-refractivity contribution in [3.8, 4) is 0 Å². The van der Waals surface area contributed by atoms with Crippen LogP contribution in [0.1, 0.15) is 38.5 Å². The van der Waals surface area contributed by atoms with Crippen molar-refractivity contribution in [3.05, 3.63) is 0 Å². The minimum Gasteiger partial charge on any atom is -0.352 e. The van der Waals surface area contributed by atoms with Crippen molar-refractivity contribution in [2.75, 3.05) is 26.7 Å². The smallest absolute Gasteiger partial charge is 0.223 e. The van der Waals surface area contributed by atoms with E-state index in [1.54, 1.807) is 0 Å². The maximum atomic E-state index is 12.2. The predicted molar refractivity (Wildman–Crippen MR) is 73.2 cm³/mol. The number of likely N-dealkylation sites (N-methyl/N-ethyl adjacent to an activating group) is 1. The first-order chi connectivity index (χ1) is 8.69. The first-order valence-electron chi connectivity index (χ1n) is 7.38. The normalized spacial score (nSPS) is 33.6. The standard InChI is InChI=1S/C14H27N3O/c1-17-9-7-13(10-17)16-14(18)12-4-2-11(3-5-12)6-8-15/h11-13H,2-10,15H2,1H3,(H,16,18). The fraction of sp³-hybridized carbons (Fsp3) is 0.929. The summed E-state index contributed by atoms with van der Waals surface area (Å²) in [5.41, 5.74) is 5.59. The van der Waals surface area contributed by atoms with Gasteiger partial charge in [0.05, 0.1) is 0 Å². The van der Waals surface area contributed by atoms with Gasteiger partial charge in [0, 0.05) is 18.5 Å². The van der Waals surface area contributed by atoms with E-state index in [0.717, 1.165) is 51.2 Å². The summed E-state index contributed by atoms with van der Waals surface area (Å²) in [6.07, 6.45) is 6.70. The molecule has 0 spiro atoms. The molecule has 0 radical (unpaired) electrons. The van der Waals surface area contributed by atoms with Gasteiger partial charge in [-0.25, -0.2) is 0 Å². The summed E-state index contributed by atoms with van der Waals surface area (Å²) in [6.45, 7) is 2.90. The van der Waals surface area contributed by atoms with Gasteiger partial charge in [0.2, 0.25) is 5.91 Å². The minimum atomic E-state index is 0.255. The molecule has 0 aromatic heterocycles. The number of carbonyl (C=O) groups is 1. The summed E-state index contributed by atoms with van der Waals surface area (Å²) in [6, 6.07) is 0.379. The van der Waals surface area contributed by atoms with Crippen molar-refractivity contribution in [1.82, 2.24) is 10.2 Å². The lowest BCUT2D eigenvalue weighted by molar-refractivity contribution is -0.126. The fourth-order valence-electron chi connectivity index (χ4n) is 3.32. The topological polar surface area (TPSA) is 58.4 Å². The summed E-state index contributed by atoms with van der Waals surface area (Å²) in [7, 11) is 2.12. The maximum Gasteiger partial charge on any atom is 0.223 e. The van der Waals surface area contributed by atoms with Gasteiger partial charge in [-0.2, -0.15) is 0 Å². The first-order valence-corrected chi connectivity index (χ1v) is 7.38. The van der Waals surface area contributed by atoms with Crippen LogP contribution in [-0.4, -0.2) is 43.5 Å². The highest BCUT2D eigenvalue weighted by Crippen LogP contribution is 2.30. The number of nitrogens with two attached hydrogens (primary N) is 1. The van der Waals surface area contributed by atoms with Crippen LogP contribution in [-0.2, 0) is 4.79 Å². The van der Waals surface area contributed by atoms with Gasteiger partial charge in [0.25, 0.3) is 0 Å². The number of rotatable bonds is 4. The molecule has 2 aliphatic rings. The van der Waals surface area contributed by atoms with E-state index >= 15 is 0 Å². The van der Waals surface area contributed by atoms with Gasteiger partial charge in [-0.1, -0.05) is 0 Å². The lowest BCUT2D eigenvalue weighted by atomic mass is 9.80. The summed E-state index contributed by atoms with van der Waals surface area (Å²) < 4.78 is 0. The average Bonchev–Trinajstić information content (AvgIpc) is 2.76. The highest BCUT2D eigenvalue weighted by molar-refractivity contribution is 5.79. The Morgan fingerprint density at radius 1 is 1.28 bits per heavy atom. The van der Waals surface area contributed by atoms with Crippen LogP contribution in [0.25, 0.3) is 0 Å². The Morgan fingerprint density at radius 2 is 2.00 bits per heavy atom. The van der Waals surface area contributed by atoms with E-state index in [0.29, 0.717) is 11.9 Å². The molecule has 2 fully saturated rings. The molecule has 1 saturated carbocycles. The van der Waals surface area contributed by atoms with Crippen LogP contribution in [0, 0.1) is 11.8 Å². The molecule has 2 rings (SSSR count). The number of likely N-dealkylation sites (tertiary alicyclic amines) is 1. The third kappa shape index (κ3) is 3.69. The van der Waals surface area contributed by atoms with Gasteiger partial charge in [0.1, 0.15) is 0 Å². The zero-order valence-corrected chi connectivity index (χ0v) is 11.5. The highest BCUT2D eigenvalue weighted by atomic mass is 16.1. The van der Waals surface area contributed by atoms with Crippen molar-refractivity contribution < 1.29 is 4.79 Å². The van der Waals surface area contributed by atoms with E-state index in [-0.39, 0.29) is 5.92 Å². The molecule has 104 valence electrons. The summed E-state index contributed by atoms with van der Waals surface area (Å²) in [4.78, 5) is 14.5. The van der Waals surface area contributed by atoms with Crippen LogP contribution in [0.5, 0.6) is 0 Å². The SMILES string of the molecule is CN1CCC(NC(=O)C2CCC(CCN)CC2)C1. The molecule has 1 heterocycles. The van der Waals surface area contributed by atoms with Crippen LogP contribution in [0.15, 0.2) is 0 Å². The summed E-state index contributed by atoms with van der Waals surface area (Å²) in [5.74, 6) is 1.31. The Balaban J connectivity index is 1.70. The molecule has 0 aromatic carbocycles. The van der Waals surface area contributed by atoms with Crippen LogP contribution < -0.4 is 11.1 Å². The molecule has 1 unspecified atom stereocenters. The second-order valence-corrected chi connectivity index (χ2v) is 6.05. The zero-order valence-electron chi connectivity index (χ0n) is 11.5. The second kappa shape index (κ2) is 6.53. The zero-order chi connectivity index (χ0) is 13.0. The quantitative estimate of drug-likeness (QED) is 0.784. The molecule has 1 atom stereocenters. The van der Waals surface area contributed by atoms with Gasteiger partial charge in [-0.3, -0.25) is 4.79 Å². The Kier molecular flexibility index (Phi) is 5.01. The molecule has 1 aliphatic heterocycles. The largest absolute Gasteiger partial charge is 0.352 e. The number of nitrogens with zero attached hydrogens (tertiary/aromatic N) is 1. The molecule has 18 heavy (non-hydrogen) atoms. The molecular weight excluding hydrogens is 226 g/mol. The highest BCUT2D eigenvalue weighted by Gasteiger charge is 2.28. The van der Waals surface area contributed by atoms with E-state index < -0.39 is 0 Å². The monoisotopic (exact) mass is 253 g/mol. The van der Waals surface area contributed by atoms with E-state index in [9.17, 15) is 4.79 Å². The van der Waals surface area contributed by atoms with Gasteiger partial charge in [-0.05, 0) is 64.6 Å². The Hall–Kier alpha value is -0.610. The Bertz CT molecular complexity index is 274. The number of hydrogen-bond acceptors (Lipinski definition) is 3. The molecule has 1 aliphatic carbocycles. The number of carbonyl (C=O) groups excluding carboxylic acids is 1. The van der Waals surface area contributed by atoms with Crippen molar-refractivity contribution in [1.29, 1.82) is 0 Å². The van der Waals surface area contributed by atoms with Crippen molar-refractivity contribution in [2.24, 2.45) is 17.6 Å². The van der Waals surface area contributed by atoms with E-state index in [1.807, 2.05) is 0 Å². The fourth-order valence-corrected chi connectivity index (χ4v) is 3.32. The number of nitrogens with one attached hydrogen (secondary N) is 1. The summed E-state index contributed by atoms with van der Waals surface area (Å²) >= 11 is 0. The molecule has 0 bridgehead atoms. The van der Waals surface area contributed by atoms with Crippen molar-refractivity contribution in [3.63, 3.8) is 0 Å². The van der Waals surface area contributed by atoms with Crippen LogP contribution in [0.4, 0.5) is 0 Å². The molecule has 3 N–H and O–H groups in total. The van der Waals surface area contributed by atoms with E-state index in [1.165, 1.54) is 12.8 Å². The van der Waals surface area contributed by atoms with Crippen LogP contribution in [0.3, 0.4) is 0 Å². The molecular formula is C14H27N3O. The van der Waals surface area contributed by atoms with Gasteiger partial charge >= 0.3 is 0 Å². The minimum absolute atomic E-state index is 0.255. The molecule has 4 nitrogen and oxygen atoms in total. The second-order valence-electron chi connectivity index (χ2n) is 6.05. The van der Waals surface area contributed by atoms with Crippen LogP contribution >= 0.6 is 0 Å². The van der Waals surface area contributed by atoms with Gasteiger partial charge < -0.3 is 16.0 Å². The molecule has 1 saturated heterocycles. The lowest BCUT2D eigenvalue weighted by Crippen LogP contribution is -2.41. The van der Waals surface area contributed by atoms with Gasteiger partial charge in [0.15, 0.2) is 0 Å². The Labute approximate surface area is 110 Å². The molecule has 0 aromatic rings. The maximum absolute atomic E-state index is 12.2. The van der Waals surface area contributed by atoms with Gasteiger partial charge in [-0.15, -0.1) is 0 Å². The van der Waals surface area contributed by atoms with E-state index in [4.69, 9.17) is 5.73 Å². The third-order valence-corrected chi connectivity index (χ3v) is 4.53. The number of hydrogen-bond donors (Lipinski definition) is 2. The lowest BCUT2D eigenvalue weighted by Gasteiger charge is -2.28. The Morgan fingerprint density at radius 3 is 2.56 bits per heavy atom. The van der Waals surface area contributed by atoms with Crippen LogP contribution in [0.2, 0.25) is 0 Å². The van der Waals surface area contributed by atoms with Crippen molar-refractivity contribution >= 4 is 5.91 Å². The average molecular weight is 253 g/mol. The van der Waals surface area contributed by atoms with E-state index in [2.05, 4.69) is 17.3 Å².